The highest BCUT2D eigenvalue weighted by molar-refractivity contribution is 5.96. The van der Waals surface area contributed by atoms with Gasteiger partial charge in [0.2, 0.25) is 0 Å². The molecule has 9 heteroatoms. The van der Waals surface area contributed by atoms with Crippen LogP contribution in [-0.2, 0) is 10.9 Å². The summed E-state index contributed by atoms with van der Waals surface area (Å²) >= 11 is 0. The van der Waals surface area contributed by atoms with E-state index in [-0.39, 0.29) is 22.6 Å². The maximum Gasteiger partial charge on any atom is 0.417 e. The molecule has 0 aliphatic carbocycles. The fourth-order valence-corrected chi connectivity index (χ4v) is 2.13. The number of nitrogens with two attached hydrogens (primary N) is 1. The number of methoxy groups -OCH3 is 1. The summed E-state index contributed by atoms with van der Waals surface area (Å²) in [5, 5.41) is 17.8. The van der Waals surface area contributed by atoms with Gasteiger partial charge in [-0.2, -0.15) is 23.7 Å². The number of carbonyl (C=O) groups is 1. The van der Waals surface area contributed by atoms with Crippen molar-refractivity contribution in [2.45, 2.75) is 6.18 Å². The van der Waals surface area contributed by atoms with Gasteiger partial charge < -0.3 is 15.0 Å². The van der Waals surface area contributed by atoms with Gasteiger partial charge in [-0.15, -0.1) is 0 Å². The van der Waals surface area contributed by atoms with Crippen LogP contribution in [0.5, 0.6) is 0 Å². The third kappa shape index (κ3) is 2.75. The van der Waals surface area contributed by atoms with Crippen LogP contribution in [0.25, 0.3) is 5.69 Å². The molecule has 1 heterocycles. The molecule has 0 spiro atoms. The smallest absolute Gasteiger partial charge is 0.417 e. The van der Waals surface area contributed by atoms with Crippen LogP contribution in [0.4, 0.5) is 18.9 Å². The van der Waals surface area contributed by atoms with Crippen LogP contribution in [0, 0.1) is 22.7 Å². The summed E-state index contributed by atoms with van der Waals surface area (Å²) in [6.07, 6.45) is -3.63. The number of carbonyl (C=O) groups excluding carboxylic acids is 1. The number of alkyl halides is 3. The molecule has 6 nitrogen and oxygen atoms in total. The van der Waals surface area contributed by atoms with Crippen LogP contribution < -0.4 is 5.73 Å². The van der Waals surface area contributed by atoms with Crippen molar-refractivity contribution in [3.05, 3.63) is 46.8 Å². The number of anilines is 1. The van der Waals surface area contributed by atoms with E-state index < -0.39 is 23.3 Å². The van der Waals surface area contributed by atoms with Crippen molar-refractivity contribution in [1.29, 1.82) is 10.5 Å². The maximum atomic E-state index is 13.1. The van der Waals surface area contributed by atoms with Crippen molar-refractivity contribution in [2.24, 2.45) is 0 Å². The van der Waals surface area contributed by atoms with Crippen LogP contribution in [0.1, 0.15) is 27.2 Å². The number of ether oxygens (including phenoxy) is 1. The molecule has 2 aromatic rings. The summed E-state index contributed by atoms with van der Waals surface area (Å²) in [5.41, 5.74) is 3.31. The Kier molecular flexibility index (Phi) is 4.20. The first-order chi connectivity index (χ1) is 11.2. The molecule has 0 saturated heterocycles. The number of esters is 1. The monoisotopic (exact) mass is 334 g/mol. The van der Waals surface area contributed by atoms with Crippen LogP contribution in [-0.4, -0.2) is 17.6 Å². The van der Waals surface area contributed by atoms with E-state index in [9.17, 15) is 18.0 Å². The van der Waals surface area contributed by atoms with E-state index in [0.717, 1.165) is 23.9 Å². The molecular weight excluding hydrogens is 325 g/mol. The van der Waals surface area contributed by atoms with Crippen molar-refractivity contribution in [3.63, 3.8) is 0 Å². The largest absolute Gasteiger partial charge is 0.464 e. The van der Waals surface area contributed by atoms with Crippen molar-refractivity contribution in [3.8, 4) is 17.8 Å². The molecule has 0 radical (unpaired) electrons. The second-order valence-corrected chi connectivity index (χ2v) is 4.62. The standard InChI is InChI=1S/C15H9F3N4O2/c1-24-14(23)13-12(21)9(6-20)7-22(13)10-3-2-8(5-19)11(4-10)15(16,17)18/h2-4,7H,21H2,1H3. The SMILES string of the molecule is COC(=O)c1c(N)c(C#N)cn1-c1ccc(C#N)c(C(F)(F)F)c1. The Hall–Kier alpha value is -3.46. The minimum Gasteiger partial charge on any atom is -0.464 e. The van der Waals surface area contributed by atoms with Gasteiger partial charge in [-0.25, -0.2) is 4.79 Å². The first kappa shape index (κ1) is 16.9. The molecule has 0 amide bonds. The molecule has 0 fully saturated rings. The zero-order valence-electron chi connectivity index (χ0n) is 12.2. The molecule has 0 unspecified atom stereocenters. The van der Waals surface area contributed by atoms with Gasteiger partial charge in [0.05, 0.1) is 35.6 Å². The lowest BCUT2D eigenvalue weighted by molar-refractivity contribution is -0.137. The third-order valence-corrected chi connectivity index (χ3v) is 3.25. The molecule has 0 saturated carbocycles. The van der Waals surface area contributed by atoms with Gasteiger partial charge in [0, 0.05) is 11.9 Å². The average Bonchev–Trinajstić information content (AvgIpc) is 2.89. The topological polar surface area (TPSA) is 105 Å². The number of benzene rings is 1. The zero-order valence-corrected chi connectivity index (χ0v) is 12.2. The van der Waals surface area contributed by atoms with E-state index in [1.165, 1.54) is 12.1 Å². The van der Waals surface area contributed by atoms with Crippen molar-refractivity contribution in [1.82, 2.24) is 4.57 Å². The fourth-order valence-electron chi connectivity index (χ4n) is 2.13. The molecule has 0 aliphatic heterocycles. The summed E-state index contributed by atoms with van der Waals surface area (Å²) in [5.74, 6) is -0.910. The second kappa shape index (κ2) is 5.97. The molecular formula is C15H9F3N4O2. The number of hydrogen-bond donors (Lipinski definition) is 1. The molecule has 0 atom stereocenters. The lowest BCUT2D eigenvalue weighted by Crippen LogP contribution is -2.13. The fraction of sp³-hybridized carbons (Fsp3) is 0.133. The molecule has 1 aromatic heterocycles. The Morgan fingerprint density at radius 2 is 1.88 bits per heavy atom. The Bertz CT molecular complexity index is 901. The number of nitrogen functional groups attached to an aromatic ring is 1. The molecule has 0 aliphatic rings. The number of nitriles is 2. The first-order valence-electron chi connectivity index (χ1n) is 6.35. The quantitative estimate of drug-likeness (QED) is 0.850. The van der Waals surface area contributed by atoms with Gasteiger partial charge in [0.25, 0.3) is 0 Å². The van der Waals surface area contributed by atoms with Gasteiger partial charge >= 0.3 is 12.1 Å². The average molecular weight is 334 g/mol. The van der Waals surface area contributed by atoms with Crippen LogP contribution in [0.3, 0.4) is 0 Å². The number of aromatic nitrogens is 1. The van der Waals surface area contributed by atoms with Crippen molar-refractivity contribution >= 4 is 11.7 Å². The third-order valence-electron chi connectivity index (χ3n) is 3.25. The van der Waals surface area contributed by atoms with Crippen LogP contribution in [0.15, 0.2) is 24.4 Å². The summed E-state index contributed by atoms with van der Waals surface area (Å²) in [7, 11) is 1.07. The van der Waals surface area contributed by atoms with E-state index in [4.69, 9.17) is 16.3 Å². The number of nitrogens with zero attached hydrogens (tertiary/aromatic N) is 3. The van der Waals surface area contributed by atoms with Gasteiger partial charge in [-0.1, -0.05) is 0 Å². The lowest BCUT2D eigenvalue weighted by Gasteiger charge is -2.13. The summed E-state index contributed by atoms with van der Waals surface area (Å²) < 4.78 is 44.8. The maximum absolute atomic E-state index is 13.1. The number of rotatable bonds is 2. The van der Waals surface area contributed by atoms with Crippen LogP contribution >= 0.6 is 0 Å². The van der Waals surface area contributed by atoms with Gasteiger partial charge in [-0.05, 0) is 18.2 Å². The lowest BCUT2D eigenvalue weighted by atomic mass is 10.1. The van der Waals surface area contributed by atoms with E-state index >= 15 is 0 Å². The van der Waals surface area contributed by atoms with E-state index in [2.05, 4.69) is 4.74 Å². The highest BCUT2D eigenvalue weighted by Crippen LogP contribution is 2.34. The second-order valence-electron chi connectivity index (χ2n) is 4.62. The summed E-state index contributed by atoms with van der Waals surface area (Å²) in [6.45, 7) is 0. The van der Waals surface area contributed by atoms with E-state index in [1.54, 1.807) is 6.07 Å². The molecule has 1 aromatic carbocycles. The Balaban J connectivity index is 2.77. The predicted octanol–water partition coefficient (Wildman–Crippen LogP) is 2.61. The highest BCUT2D eigenvalue weighted by atomic mass is 19.4. The Morgan fingerprint density at radius 1 is 1.25 bits per heavy atom. The Labute approximate surface area is 134 Å². The van der Waals surface area contributed by atoms with Crippen molar-refractivity contribution < 1.29 is 22.7 Å². The Morgan fingerprint density at radius 3 is 2.38 bits per heavy atom. The summed E-state index contributed by atoms with van der Waals surface area (Å²) in [4.78, 5) is 11.9. The number of hydrogen-bond acceptors (Lipinski definition) is 5. The minimum atomic E-state index is -4.76. The molecule has 2 rings (SSSR count). The summed E-state index contributed by atoms with van der Waals surface area (Å²) in [6, 6.07) is 6.09. The van der Waals surface area contributed by atoms with E-state index in [0.29, 0.717) is 6.07 Å². The normalized spacial score (nSPS) is 10.8. The van der Waals surface area contributed by atoms with E-state index in [1.807, 2.05) is 0 Å². The number of halogens is 3. The molecule has 0 bridgehead atoms. The molecule has 122 valence electrons. The zero-order chi connectivity index (χ0) is 18.1. The van der Waals surface area contributed by atoms with Gasteiger partial charge in [0.15, 0.2) is 5.69 Å². The highest BCUT2D eigenvalue weighted by Gasteiger charge is 2.34. The van der Waals surface area contributed by atoms with Crippen LogP contribution in [0.2, 0.25) is 0 Å². The van der Waals surface area contributed by atoms with Gasteiger partial charge in [0.1, 0.15) is 6.07 Å². The van der Waals surface area contributed by atoms with Gasteiger partial charge in [-0.3, -0.25) is 0 Å². The van der Waals surface area contributed by atoms with Crippen molar-refractivity contribution in [2.75, 3.05) is 12.8 Å². The molecule has 2 N–H and O–H groups in total. The predicted molar refractivity (Wildman–Crippen MR) is 76.0 cm³/mol. The first-order valence-corrected chi connectivity index (χ1v) is 6.35. The minimum absolute atomic E-state index is 0.0880. The molecule has 24 heavy (non-hydrogen) atoms.